The number of amides is 1. The number of thioether (sulfide) groups is 1. The summed E-state index contributed by atoms with van der Waals surface area (Å²) < 4.78 is 0. The number of nitrogens with zero attached hydrogens (tertiary/aromatic N) is 2. The molecule has 0 bridgehead atoms. The number of H-pyrrole nitrogens is 1. The number of carbonyl (C=O) groups excluding carboxylic acids is 1. The Morgan fingerprint density at radius 2 is 2.44 bits per heavy atom. The molecular weight excluding hydrogens is 250 g/mol. The summed E-state index contributed by atoms with van der Waals surface area (Å²) >= 11 is 1.28. The number of carbonyl (C=O) groups is 1. The number of rotatable bonds is 3. The minimum Gasteiger partial charge on any atom is -0.339 e. The molecule has 1 atom stereocenters. The van der Waals surface area contributed by atoms with E-state index in [0.29, 0.717) is 17.0 Å². The van der Waals surface area contributed by atoms with Gasteiger partial charge in [-0.1, -0.05) is 11.8 Å². The number of hydrogen-bond acceptors (Lipinski definition) is 4. The van der Waals surface area contributed by atoms with E-state index >= 15 is 0 Å². The van der Waals surface area contributed by atoms with Gasteiger partial charge in [0.25, 0.3) is 5.56 Å². The first kappa shape index (κ1) is 13.1. The normalized spacial score (nSPS) is 19.8. The first-order chi connectivity index (χ1) is 8.66. The molecular formula is C12H17N3O2S. The number of hydrogen-bond donors (Lipinski definition) is 1. The molecule has 2 rings (SSSR count). The van der Waals surface area contributed by atoms with Gasteiger partial charge in [-0.05, 0) is 26.2 Å². The number of aromatic nitrogens is 2. The van der Waals surface area contributed by atoms with Crippen molar-refractivity contribution < 1.29 is 4.79 Å². The van der Waals surface area contributed by atoms with Crippen molar-refractivity contribution in [3.63, 3.8) is 0 Å². The molecule has 1 aliphatic rings. The lowest BCUT2D eigenvalue weighted by atomic mass is 10.0. The fraction of sp³-hybridized carbons (Fsp3) is 0.583. The Bertz CT molecular complexity index is 474. The van der Waals surface area contributed by atoms with Crippen LogP contribution >= 0.6 is 11.8 Å². The fourth-order valence-corrected chi connectivity index (χ4v) is 2.84. The van der Waals surface area contributed by atoms with Crippen molar-refractivity contribution in [2.45, 2.75) is 37.4 Å². The van der Waals surface area contributed by atoms with Crippen LogP contribution in [0.3, 0.4) is 0 Å². The van der Waals surface area contributed by atoms with Gasteiger partial charge in [0, 0.05) is 24.8 Å². The van der Waals surface area contributed by atoms with Crippen molar-refractivity contribution in [3.8, 4) is 0 Å². The highest BCUT2D eigenvalue weighted by Gasteiger charge is 2.22. The van der Waals surface area contributed by atoms with Crippen LogP contribution in [0, 0.1) is 0 Å². The second kappa shape index (κ2) is 6.04. The van der Waals surface area contributed by atoms with E-state index in [0.717, 1.165) is 19.4 Å². The second-order valence-corrected chi connectivity index (χ2v) is 5.42. The Balaban J connectivity index is 1.89. The van der Waals surface area contributed by atoms with Crippen molar-refractivity contribution in [2.75, 3.05) is 12.3 Å². The molecule has 0 aromatic carbocycles. The zero-order chi connectivity index (χ0) is 13.0. The Hall–Kier alpha value is -1.30. The molecule has 1 aromatic rings. The van der Waals surface area contributed by atoms with Crippen LogP contribution in [0.15, 0.2) is 22.2 Å². The molecule has 18 heavy (non-hydrogen) atoms. The van der Waals surface area contributed by atoms with Gasteiger partial charge in [-0.2, -0.15) is 0 Å². The quantitative estimate of drug-likeness (QED) is 0.661. The molecule has 1 aromatic heterocycles. The molecule has 2 heterocycles. The van der Waals surface area contributed by atoms with Crippen LogP contribution in [0.4, 0.5) is 0 Å². The molecule has 6 heteroatoms. The highest BCUT2D eigenvalue weighted by Crippen LogP contribution is 2.19. The van der Waals surface area contributed by atoms with Gasteiger partial charge in [0.2, 0.25) is 5.91 Å². The number of nitrogens with one attached hydrogen (secondary N) is 1. The summed E-state index contributed by atoms with van der Waals surface area (Å²) in [6.07, 6.45) is 4.82. The van der Waals surface area contributed by atoms with E-state index in [1.807, 2.05) is 4.90 Å². The SMILES string of the molecule is C[C@@H]1CCCCN1C(=O)CSc1nccc(=O)[nH]1. The highest BCUT2D eigenvalue weighted by atomic mass is 32.2. The smallest absolute Gasteiger partial charge is 0.251 e. The fourth-order valence-electron chi connectivity index (χ4n) is 2.11. The van der Waals surface area contributed by atoms with Gasteiger partial charge < -0.3 is 9.88 Å². The Labute approximate surface area is 110 Å². The van der Waals surface area contributed by atoms with Crippen LogP contribution in [-0.4, -0.2) is 39.1 Å². The molecule has 0 spiro atoms. The lowest BCUT2D eigenvalue weighted by Crippen LogP contribution is -2.43. The average Bonchev–Trinajstić information content (AvgIpc) is 2.37. The van der Waals surface area contributed by atoms with Gasteiger partial charge in [0.1, 0.15) is 0 Å². The van der Waals surface area contributed by atoms with Gasteiger partial charge in [-0.15, -0.1) is 0 Å². The molecule has 98 valence electrons. The lowest BCUT2D eigenvalue weighted by Gasteiger charge is -2.33. The van der Waals surface area contributed by atoms with E-state index in [-0.39, 0.29) is 11.5 Å². The van der Waals surface area contributed by atoms with E-state index in [2.05, 4.69) is 16.9 Å². The van der Waals surface area contributed by atoms with Crippen LogP contribution in [0.5, 0.6) is 0 Å². The van der Waals surface area contributed by atoms with Crippen LogP contribution in [0.25, 0.3) is 0 Å². The second-order valence-electron chi connectivity index (χ2n) is 4.46. The average molecular weight is 267 g/mol. The van der Waals surface area contributed by atoms with Crippen molar-refractivity contribution in [1.29, 1.82) is 0 Å². The summed E-state index contributed by atoms with van der Waals surface area (Å²) in [4.78, 5) is 31.7. The van der Waals surface area contributed by atoms with Crippen LogP contribution in [-0.2, 0) is 4.79 Å². The summed E-state index contributed by atoms with van der Waals surface area (Å²) in [7, 11) is 0. The Kier molecular flexibility index (Phi) is 4.41. The molecule has 0 radical (unpaired) electrons. The molecule has 1 fully saturated rings. The molecule has 0 aliphatic carbocycles. The van der Waals surface area contributed by atoms with Crippen molar-refractivity contribution in [3.05, 3.63) is 22.6 Å². The van der Waals surface area contributed by atoms with E-state index in [9.17, 15) is 9.59 Å². The van der Waals surface area contributed by atoms with E-state index in [4.69, 9.17) is 0 Å². The van der Waals surface area contributed by atoms with Crippen LogP contribution in [0.2, 0.25) is 0 Å². The highest BCUT2D eigenvalue weighted by molar-refractivity contribution is 7.99. The van der Waals surface area contributed by atoms with Crippen molar-refractivity contribution in [1.82, 2.24) is 14.9 Å². The predicted octanol–water partition coefficient (Wildman–Crippen LogP) is 1.26. The Morgan fingerprint density at radius 1 is 1.61 bits per heavy atom. The summed E-state index contributed by atoms with van der Waals surface area (Å²) in [6, 6.07) is 1.69. The number of piperidine rings is 1. The van der Waals surface area contributed by atoms with Crippen LogP contribution < -0.4 is 5.56 Å². The first-order valence-corrected chi connectivity index (χ1v) is 7.13. The molecule has 1 N–H and O–H groups in total. The van der Waals surface area contributed by atoms with Gasteiger partial charge in [0.05, 0.1) is 5.75 Å². The third-order valence-corrected chi connectivity index (χ3v) is 3.98. The van der Waals surface area contributed by atoms with Crippen molar-refractivity contribution >= 4 is 17.7 Å². The zero-order valence-electron chi connectivity index (χ0n) is 10.4. The predicted molar refractivity (Wildman–Crippen MR) is 70.6 cm³/mol. The minimum absolute atomic E-state index is 0.124. The zero-order valence-corrected chi connectivity index (χ0v) is 11.2. The summed E-state index contributed by atoms with van der Waals surface area (Å²) in [5, 5.41) is 0.500. The first-order valence-electron chi connectivity index (χ1n) is 6.14. The van der Waals surface area contributed by atoms with Gasteiger partial charge in [-0.25, -0.2) is 4.98 Å². The molecule has 0 saturated carbocycles. The minimum atomic E-state index is -0.189. The standard InChI is InChI=1S/C12H17N3O2S/c1-9-4-2-3-7-15(9)11(17)8-18-12-13-6-5-10(16)14-12/h5-6,9H,2-4,7-8H2,1H3,(H,13,14,16)/t9-/m1/s1. The molecule has 1 aliphatic heterocycles. The van der Waals surface area contributed by atoms with Gasteiger partial charge >= 0.3 is 0 Å². The summed E-state index contributed by atoms with van der Waals surface area (Å²) in [6.45, 7) is 2.93. The van der Waals surface area contributed by atoms with Crippen LogP contribution in [0.1, 0.15) is 26.2 Å². The monoisotopic (exact) mass is 267 g/mol. The van der Waals surface area contributed by atoms with E-state index in [1.54, 1.807) is 0 Å². The third kappa shape index (κ3) is 3.35. The lowest BCUT2D eigenvalue weighted by molar-refractivity contribution is -0.131. The molecule has 5 nitrogen and oxygen atoms in total. The maximum Gasteiger partial charge on any atom is 0.251 e. The van der Waals surface area contributed by atoms with E-state index in [1.165, 1.54) is 30.4 Å². The maximum atomic E-state index is 12.1. The molecule has 0 unspecified atom stereocenters. The number of aromatic amines is 1. The summed E-state index contributed by atoms with van der Waals surface area (Å²) in [5.74, 6) is 0.454. The molecule has 1 amide bonds. The molecule has 1 saturated heterocycles. The topological polar surface area (TPSA) is 66.1 Å². The third-order valence-electron chi connectivity index (χ3n) is 3.10. The van der Waals surface area contributed by atoms with Gasteiger partial charge in [0.15, 0.2) is 5.16 Å². The summed E-state index contributed by atoms with van der Waals surface area (Å²) in [5.41, 5.74) is -0.189. The largest absolute Gasteiger partial charge is 0.339 e. The van der Waals surface area contributed by atoms with Gasteiger partial charge in [-0.3, -0.25) is 9.59 Å². The van der Waals surface area contributed by atoms with E-state index < -0.39 is 0 Å². The number of likely N-dealkylation sites (tertiary alicyclic amines) is 1. The van der Waals surface area contributed by atoms with Crippen molar-refractivity contribution in [2.24, 2.45) is 0 Å². The Morgan fingerprint density at radius 3 is 3.17 bits per heavy atom. The maximum absolute atomic E-state index is 12.1.